The molecule has 1 rings (SSSR count). The fourth-order valence-corrected chi connectivity index (χ4v) is 1.57. The molecule has 0 N–H and O–H groups in total. The van der Waals surface area contributed by atoms with Crippen molar-refractivity contribution in [1.29, 1.82) is 0 Å². The quantitative estimate of drug-likeness (QED) is 0.523. The Balaban J connectivity index is 0.000001000. The summed E-state index contributed by atoms with van der Waals surface area (Å²) in [5.41, 5.74) is 6.11. The van der Waals surface area contributed by atoms with Crippen LogP contribution in [-0.2, 0) is 0 Å². The third kappa shape index (κ3) is 1.51. The second-order valence-corrected chi connectivity index (χ2v) is 3.34. The first-order valence-electron chi connectivity index (χ1n) is 3.90. The summed E-state index contributed by atoms with van der Waals surface area (Å²) in [5.74, 6) is 0.694. The molecular formula is C10H17Cl. The van der Waals surface area contributed by atoms with Crippen molar-refractivity contribution in [3.8, 4) is 0 Å². The minimum Gasteiger partial charge on any atom is -0.147 e. The van der Waals surface area contributed by atoms with E-state index in [1.54, 1.807) is 11.1 Å². The van der Waals surface area contributed by atoms with Crippen LogP contribution in [0.25, 0.3) is 0 Å². The van der Waals surface area contributed by atoms with Crippen LogP contribution in [0.3, 0.4) is 0 Å². The molecule has 0 radical (unpaired) electrons. The predicted molar refractivity (Wildman–Crippen MR) is 53.2 cm³/mol. The minimum atomic E-state index is 0. The average molecular weight is 173 g/mol. The van der Waals surface area contributed by atoms with Gasteiger partial charge < -0.3 is 0 Å². The Bertz CT molecular complexity index is 197. The highest BCUT2D eigenvalue weighted by molar-refractivity contribution is 5.85. The lowest BCUT2D eigenvalue weighted by Crippen LogP contribution is -1.92. The lowest BCUT2D eigenvalue weighted by atomic mass is 10.00. The summed E-state index contributed by atoms with van der Waals surface area (Å²) >= 11 is 0. The normalized spacial score (nSPS) is 19.4. The van der Waals surface area contributed by atoms with Gasteiger partial charge in [0.15, 0.2) is 0 Å². The molecule has 0 heterocycles. The van der Waals surface area contributed by atoms with Crippen LogP contribution in [-0.4, -0.2) is 0 Å². The minimum absolute atomic E-state index is 0. The maximum atomic E-state index is 2.28. The molecule has 0 aromatic carbocycles. The van der Waals surface area contributed by atoms with Crippen LogP contribution in [0.5, 0.6) is 0 Å². The smallest absolute Gasteiger partial charge is 0.00153 e. The van der Waals surface area contributed by atoms with Gasteiger partial charge in [-0.1, -0.05) is 18.1 Å². The summed E-state index contributed by atoms with van der Waals surface area (Å²) in [6.45, 7) is 11.2. The number of allylic oxidation sites excluding steroid dienone is 4. The summed E-state index contributed by atoms with van der Waals surface area (Å²) in [5, 5.41) is 0. The van der Waals surface area contributed by atoms with Crippen LogP contribution in [0.1, 0.15) is 34.6 Å². The van der Waals surface area contributed by atoms with Crippen molar-refractivity contribution in [1.82, 2.24) is 0 Å². The number of rotatable bonds is 0. The van der Waals surface area contributed by atoms with Crippen LogP contribution >= 0.6 is 12.4 Å². The largest absolute Gasteiger partial charge is 0.147 e. The molecule has 0 amide bonds. The van der Waals surface area contributed by atoms with Crippen LogP contribution < -0.4 is 0 Å². The molecular weight excluding hydrogens is 156 g/mol. The van der Waals surface area contributed by atoms with Gasteiger partial charge in [-0.15, -0.1) is 12.4 Å². The van der Waals surface area contributed by atoms with Crippen LogP contribution in [0.2, 0.25) is 0 Å². The van der Waals surface area contributed by atoms with Crippen LogP contribution in [0, 0.1) is 5.92 Å². The Morgan fingerprint density at radius 1 is 0.818 bits per heavy atom. The van der Waals surface area contributed by atoms with E-state index in [9.17, 15) is 0 Å². The van der Waals surface area contributed by atoms with Crippen molar-refractivity contribution >= 4 is 12.4 Å². The van der Waals surface area contributed by atoms with Gasteiger partial charge in [-0.2, -0.15) is 0 Å². The van der Waals surface area contributed by atoms with E-state index in [4.69, 9.17) is 0 Å². The zero-order valence-corrected chi connectivity index (χ0v) is 8.80. The summed E-state index contributed by atoms with van der Waals surface area (Å²) in [6, 6.07) is 0. The van der Waals surface area contributed by atoms with Crippen molar-refractivity contribution in [3.63, 3.8) is 0 Å². The fourth-order valence-electron chi connectivity index (χ4n) is 1.57. The van der Waals surface area contributed by atoms with E-state index in [-0.39, 0.29) is 12.4 Å². The molecule has 0 saturated carbocycles. The Morgan fingerprint density at radius 2 is 1.09 bits per heavy atom. The highest BCUT2D eigenvalue weighted by Gasteiger charge is 2.19. The third-order valence-electron chi connectivity index (χ3n) is 3.04. The molecule has 0 nitrogen and oxygen atoms in total. The molecule has 1 aliphatic rings. The second kappa shape index (κ2) is 3.44. The van der Waals surface area contributed by atoms with E-state index in [0.717, 1.165) is 0 Å². The summed E-state index contributed by atoms with van der Waals surface area (Å²) in [4.78, 5) is 0. The van der Waals surface area contributed by atoms with Gasteiger partial charge in [0.1, 0.15) is 0 Å². The molecule has 0 atom stereocenters. The molecule has 11 heavy (non-hydrogen) atoms. The van der Waals surface area contributed by atoms with Gasteiger partial charge in [0.25, 0.3) is 0 Å². The summed E-state index contributed by atoms with van der Waals surface area (Å²) < 4.78 is 0. The Labute approximate surface area is 75.8 Å². The maximum absolute atomic E-state index is 2.28. The fraction of sp³-hybridized carbons (Fsp3) is 0.600. The van der Waals surface area contributed by atoms with Gasteiger partial charge in [0.2, 0.25) is 0 Å². The third-order valence-corrected chi connectivity index (χ3v) is 3.04. The summed E-state index contributed by atoms with van der Waals surface area (Å²) in [6.07, 6.45) is 0. The zero-order chi connectivity index (χ0) is 7.89. The van der Waals surface area contributed by atoms with Crippen molar-refractivity contribution in [2.45, 2.75) is 34.6 Å². The zero-order valence-electron chi connectivity index (χ0n) is 7.99. The highest BCUT2D eigenvalue weighted by atomic mass is 35.5. The Morgan fingerprint density at radius 3 is 1.18 bits per heavy atom. The van der Waals surface area contributed by atoms with E-state index >= 15 is 0 Å². The van der Waals surface area contributed by atoms with Crippen molar-refractivity contribution in [2.24, 2.45) is 5.92 Å². The molecule has 0 spiro atoms. The maximum Gasteiger partial charge on any atom is -0.00153 e. The average Bonchev–Trinajstić information content (AvgIpc) is 2.07. The van der Waals surface area contributed by atoms with Crippen molar-refractivity contribution < 1.29 is 0 Å². The van der Waals surface area contributed by atoms with Gasteiger partial charge >= 0.3 is 0 Å². The first-order chi connectivity index (χ1) is 4.55. The number of hydrogen-bond donors (Lipinski definition) is 0. The molecule has 0 fully saturated rings. The first kappa shape index (κ1) is 10.8. The number of hydrogen-bond acceptors (Lipinski definition) is 0. The standard InChI is InChI=1S/C10H16.ClH/c1-6-7(2)9(4)10(5)8(6)3;/h6H,1-5H3;1H. The Hall–Kier alpha value is -0.230. The van der Waals surface area contributed by atoms with Crippen molar-refractivity contribution in [2.75, 3.05) is 0 Å². The number of halogens is 1. The highest BCUT2D eigenvalue weighted by Crippen LogP contribution is 2.35. The molecule has 0 unspecified atom stereocenters. The predicted octanol–water partition coefficient (Wildman–Crippen LogP) is 3.73. The molecule has 0 saturated heterocycles. The Kier molecular flexibility index (Phi) is 3.37. The van der Waals surface area contributed by atoms with E-state index in [1.807, 2.05) is 0 Å². The lowest BCUT2D eigenvalue weighted by molar-refractivity contribution is 0.815. The first-order valence-corrected chi connectivity index (χ1v) is 3.90. The van der Waals surface area contributed by atoms with Gasteiger partial charge in [0, 0.05) is 0 Å². The lowest BCUT2D eigenvalue weighted by Gasteiger charge is -2.05. The molecule has 0 aromatic rings. The van der Waals surface area contributed by atoms with Gasteiger partial charge in [-0.25, -0.2) is 0 Å². The van der Waals surface area contributed by atoms with Crippen LogP contribution in [0.15, 0.2) is 22.3 Å². The van der Waals surface area contributed by atoms with Gasteiger partial charge in [0.05, 0.1) is 0 Å². The van der Waals surface area contributed by atoms with Gasteiger partial charge in [-0.05, 0) is 44.8 Å². The van der Waals surface area contributed by atoms with E-state index in [2.05, 4.69) is 34.6 Å². The van der Waals surface area contributed by atoms with Crippen LogP contribution in [0.4, 0.5) is 0 Å². The van der Waals surface area contributed by atoms with Gasteiger partial charge in [-0.3, -0.25) is 0 Å². The van der Waals surface area contributed by atoms with E-state index < -0.39 is 0 Å². The molecule has 0 bridgehead atoms. The van der Waals surface area contributed by atoms with Crippen molar-refractivity contribution in [3.05, 3.63) is 22.3 Å². The van der Waals surface area contributed by atoms with E-state index in [1.165, 1.54) is 11.1 Å². The molecule has 1 aliphatic carbocycles. The monoisotopic (exact) mass is 172 g/mol. The second-order valence-electron chi connectivity index (χ2n) is 3.34. The summed E-state index contributed by atoms with van der Waals surface area (Å²) in [7, 11) is 0. The molecule has 0 aliphatic heterocycles. The topological polar surface area (TPSA) is 0 Å². The van der Waals surface area contributed by atoms with E-state index in [0.29, 0.717) is 5.92 Å². The molecule has 0 aromatic heterocycles. The molecule has 1 heteroatoms. The SMILES string of the molecule is CC1=C(C)C(C)C(C)=C1C.Cl. The molecule has 64 valence electrons.